The third-order valence-corrected chi connectivity index (χ3v) is 4.70. The van der Waals surface area contributed by atoms with Crippen LogP contribution in [0.1, 0.15) is 33.9 Å². The lowest BCUT2D eigenvalue weighted by atomic mass is 9.94. The highest BCUT2D eigenvalue weighted by molar-refractivity contribution is 9.10. The first kappa shape index (κ1) is 14.6. The van der Waals surface area contributed by atoms with Crippen LogP contribution in [0.3, 0.4) is 0 Å². The quantitative estimate of drug-likeness (QED) is 0.812. The lowest BCUT2D eigenvalue weighted by Crippen LogP contribution is -2.13. The lowest BCUT2D eigenvalue weighted by Gasteiger charge is -2.17. The third-order valence-electron chi connectivity index (χ3n) is 3.44. The van der Waals surface area contributed by atoms with Crippen LogP contribution < -0.4 is 5.73 Å². The van der Waals surface area contributed by atoms with Gasteiger partial charge in [-0.05, 0) is 60.7 Å². The Labute approximate surface area is 127 Å². The summed E-state index contributed by atoms with van der Waals surface area (Å²) in [5.74, 6) is 0. The molecule has 2 aromatic carbocycles. The Morgan fingerprint density at radius 2 is 1.68 bits per heavy atom. The zero-order valence-electron chi connectivity index (χ0n) is 11.3. The second-order valence-corrected chi connectivity index (χ2v) is 6.21. The van der Waals surface area contributed by atoms with Gasteiger partial charge < -0.3 is 5.73 Å². The Hall–Kier alpha value is -0.830. The van der Waals surface area contributed by atoms with Crippen LogP contribution in [0, 0.1) is 20.8 Å². The number of hydrogen-bond acceptors (Lipinski definition) is 1. The summed E-state index contributed by atoms with van der Waals surface area (Å²) in [5, 5.41) is 0.790. The Kier molecular flexibility index (Phi) is 4.34. The van der Waals surface area contributed by atoms with E-state index in [2.05, 4.69) is 47.1 Å². The van der Waals surface area contributed by atoms with Crippen molar-refractivity contribution >= 4 is 27.5 Å². The Morgan fingerprint density at radius 3 is 2.32 bits per heavy atom. The molecule has 3 heteroatoms. The summed E-state index contributed by atoms with van der Waals surface area (Å²) in [6, 6.07) is 10.2. The van der Waals surface area contributed by atoms with Gasteiger partial charge in [-0.2, -0.15) is 0 Å². The van der Waals surface area contributed by atoms with Crippen LogP contribution in [0.15, 0.2) is 34.8 Å². The molecule has 0 saturated heterocycles. The van der Waals surface area contributed by atoms with E-state index >= 15 is 0 Å². The van der Waals surface area contributed by atoms with Crippen molar-refractivity contribution in [2.24, 2.45) is 5.73 Å². The highest BCUT2D eigenvalue weighted by Crippen LogP contribution is 2.29. The van der Waals surface area contributed by atoms with Crippen molar-refractivity contribution < 1.29 is 0 Å². The molecule has 0 heterocycles. The van der Waals surface area contributed by atoms with Gasteiger partial charge in [0.1, 0.15) is 0 Å². The number of nitrogens with two attached hydrogens (primary N) is 1. The van der Waals surface area contributed by atoms with Crippen LogP contribution >= 0.6 is 27.5 Å². The van der Waals surface area contributed by atoms with Crippen molar-refractivity contribution in [3.8, 4) is 0 Å². The van der Waals surface area contributed by atoms with Crippen molar-refractivity contribution in [1.29, 1.82) is 0 Å². The largest absolute Gasteiger partial charge is 0.320 e. The molecule has 0 aliphatic carbocycles. The summed E-state index contributed by atoms with van der Waals surface area (Å²) < 4.78 is 1.09. The van der Waals surface area contributed by atoms with Gasteiger partial charge in [0.05, 0.1) is 6.04 Å². The SMILES string of the molecule is Cc1cc(C(N)c2ccc(C)c(Br)c2)c(C)cc1Cl. The average molecular weight is 339 g/mol. The minimum absolute atomic E-state index is 0.132. The Balaban J connectivity index is 2.46. The monoisotopic (exact) mass is 337 g/mol. The molecule has 0 aliphatic rings. The molecule has 0 bridgehead atoms. The summed E-state index contributed by atoms with van der Waals surface area (Å²) >= 11 is 9.69. The molecule has 1 unspecified atom stereocenters. The smallest absolute Gasteiger partial charge is 0.0554 e. The maximum atomic E-state index is 6.39. The van der Waals surface area contributed by atoms with Crippen molar-refractivity contribution in [3.63, 3.8) is 0 Å². The van der Waals surface area contributed by atoms with E-state index in [1.54, 1.807) is 0 Å². The first-order chi connectivity index (χ1) is 8.90. The molecule has 0 saturated carbocycles. The number of hydrogen-bond donors (Lipinski definition) is 1. The molecule has 0 aliphatic heterocycles. The zero-order valence-corrected chi connectivity index (χ0v) is 13.6. The topological polar surface area (TPSA) is 26.0 Å². The van der Waals surface area contributed by atoms with Gasteiger partial charge in [0.25, 0.3) is 0 Å². The highest BCUT2D eigenvalue weighted by atomic mass is 79.9. The second kappa shape index (κ2) is 5.66. The third kappa shape index (κ3) is 3.02. The molecule has 2 N–H and O–H groups in total. The van der Waals surface area contributed by atoms with Gasteiger partial charge in [-0.25, -0.2) is 0 Å². The highest BCUT2D eigenvalue weighted by Gasteiger charge is 2.14. The first-order valence-corrected chi connectivity index (χ1v) is 7.35. The van der Waals surface area contributed by atoms with E-state index in [1.165, 1.54) is 5.56 Å². The fourth-order valence-corrected chi connectivity index (χ4v) is 2.74. The van der Waals surface area contributed by atoms with Crippen LogP contribution in [-0.2, 0) is 0 Å². The molecule has 0 spiro atoms. The summed E-state index contributed by atoms with van der Waals surface area (Å²) in [7, 11) is 0. The summed E-state index contributed by atoms with van der Waals surface area (Å²) in [4.78, 5) is 0. The van der Waals surface area contributed by atoms with Gasteiger partial charge in [0.2, 0.25) is 0 Å². The van der Waals surface area contributed by atoms with Crippen molar-refractivity contribution in [2.45, 2.75) is 26.8 Å². The molecule has 0 fully saturated rings. The van der Waals surface area contributed by atoms with Gasteiger partial charge in [0, 0.05) is 9.50 Å². The van der Waals surface area contributed by atoms with E-state index in [4.69, 9.17) is 17.3 Å². The van der Waals surface area contributed by atoms with Gasteiger partial charge in [-0.15, -0.1) is 0 Å². The fraction of sp³-hybridized carbons (Fsp3) is 0.250. The molecule has 0 aromatic heterocycles. The minimum atomic E-state index is -0.132. The van der Waals surface area contributed by atoms with Crippen LogP contribution in [0.2, 0.25) is 5.02 Å². The average Bonchev–Trinajstić information content (AvgIpc) is 2.36. The molecule has 1 nitrogen and oxygen atoms in total. The van der Waals surface area contributed by atoms with Crippen molar-refractivity contribution in [3.05, 3.63) is 67.6 Å². The van der Waals surface area contributed by atoms with Crippen molar-refractivity contribution in [2.75, 3.05) is 0 Å². The standard InChI is InChI=1S/C16H17BrClN/c1-9-4-5-12(8-14(9)17)16(19)13-6-11(3)15(18)7-10(13)2/h4-8,16H,19H2,1-3H3. The van der Waals surface area contributed by atoms with E-state index in [1.807, 2.05) is 19.9 Å². The number of halogens is 2. The lowest BCUT2D eigenvalue weighted by molar-refractivity contribution is 0.858. The molecular formula is C16H17BrClN. The predicted molar refractivity (Wildman–Crippen MR) is 85.8 cm³/mol. The van der Waals surface area contributed by atoms with Crippen LogP contribution in [0.4, 0.5) is 0 Å². The Morgan fingerprint density at radius 1 is 1.00 bits per heavy atom. The van der Waals surface area contributed by atoms with E-state index in [9.17, 15) is 0 Å². The van der Waals surface area contributed by atoms with E-state index in [-0.39, 0.29) is 6.04 Å². The zero-order chi connectivity index (χ0) is 14.2. The summed E-state index contributed by atoms with van der Waals surface area (Å²) in [6.45, 7) is 6.11. The van der Waals surface area contributed by atoms with Gasteiger partial charge in [0.15, 0.2) is 0 Å². The van der Waals surface area contributed by atoms with Crippen LogP contribution in [-0.4, -0.2) is 0 Å². The van der Waals surface area contributed by atoms with Crippen LogP contribution in [0.5, 0.6) is 0 Å². The maximum Gasteiger partial charge on any atom is 0.0554 e. The second-order valence-electron chi connectivity index (χ2n) is 4.94. The Bertz CT molecular complexity index is 622. The molecular weight excluding hydrogens is 322 g/mol. The minimum Gasteiger partial charge on any atom is -0.320 e. The molecule has 2 rings (SSSR count). The molecule has 0 radical (unpaired) electrons. The van der Waals surface area contributed by atoms with E-state index in [0.717, 1.165) is 31.7 Å². The molecule has 0 amide bonds. The molecule has 19 heavy (non-hydrogen) atoms. The fourth-order valence-electron chi connectivity index (χ4n) is 2.12. The predicted octanol–water partition coefficient (Wildman–Crippen LogP) is 5.08. The van der Waals surface area contributed by atoms with Crippen LogP contribution in [0.25, 0.3) is 0 Å². The van der Waals surface area contributed by atoms with Crippen molar-refractivity contribution in [1.82, 2.24) is 0 Å². The number of benzene rings is 2. The molecule has 1 atom stereocenters. The maximum absolute atomic E-state index is 6.39. The molecule has 2 aromatic rings. The summed E-state index contributed by atoms with van der Waals surface area (Å²) in [6.07, 6.45) is 0. The van der Waals surface area contributed by atoms with Gasteiger partial charge in [-0.1, -0.05) is 45.7 Å². The number of aryl methyl sites for hydroxylation is 3. The van der Waals surface area contributed by atoms with E-state index < -0.39 is 0 Å². The number of rotatable bonds is 2. The first-order valence-electron chi connectivity index (χ1n) is 6.18. The van der Waals surface area contributed by atoms with E-state index in [0.29, 0.717) is 0 Å². The summed E-state index contributed by atoms with van der Waals surface area (Å²) in [5.41, 5.74) is 12.0. The molecule has 100 valence electrons. The van der Waals surface area contributed by atoms with Gasteiger partial charge in [-0.3, -0.25) is 0 Å². The van der Waals surface area contributed by atoms with Gasteiger partial charge >= 0.3 is 0 Å². The normalized spacial score (nSPS) is 12.5.